The average Bonchev–Trinajstić information content (AvgIpc) is 2.62. The number of ether oxygens (including phenoxy) is 1. The molecule has 2 atom stereocenters. The third-order valence-corrected chi connectivity index (χ3v) is 2.70. The van der Waals surface area contributed by atoms with Gasteiger partial charge in [-0.15, -0.1) is 0 Å². The molecule has 0 saturated carbocycles. The molecule has 2 aliphatic rings. The van der Waals surface area contributed by atoms with Crippen molar-refractivity contribution in [3.05, 3.63) is 60.4 Å². The Labute approximate surface area is 98.5 Å². The molecule has 2 rings (SSSR count). The Morgan fingerprint density at radius 3 is 2.69 bits per heavy atom. The maximum absolute atomic E-state index is 5.71. The van der Waals surface area contributed by atoms with Crippen molar-refractivity contribution in [2.45, 2.75) is 26.9 Å². The van der Waals surface area contributed by atoms with E-state index in [1.807, 2.05) is 19.9 Å². The third kappa shape index (κ3) is 2.19. The van der Waals surface area contributed by atoms with Gasteiger partial charge in [0.15, 0.2) is 0 Å². The zero-order valence-electron chi connectivity index (χ0n) is 10.4. The lowest BCUT2D eigenvalue weighted by Crippen LogP contribution is -2.18. The molecular weight excluding hydrogens is 196 g/mol. The molecule has 0 radical (unpaired) electrons. The van der Waals surface area contributed by atoms with Crippen LogP contribution in [0.1, 0.15) is 20.8 Å². The Morgan fingerprint density at radius 1 is 1.38 bits per heavy atom. The predicted octanol–water partition coefficient (Wildman–Crippen LogP) is 4.17. The lowest BCUT2D eigenvalue weighted by Gasteiger charge is -2.18. The Morgan fingerprint density at radius 2 is 2.06 bits per heavy atom. The Bertz CT molecular complexity index is 369. The lowest BCUT2D eigenvalue weighted by molar-refractivity contribution is 0.174. The van der Waals surface area contributed by atoms with Crippen LogP contribution in [0, 0.1) is 5.92 Å². The molecule has 1 heteroatoms. The van der Waals surface area contributed by atoms with E-state index in [0.29, 0.717) is 5.92 Å². The highest BCUT2D eigenvalue weighted by atomic mass is 16.5. The summed E-state index contributed by atoms with van der Waals surface area (Å²) < 4.78 is 5.71. The summed E-state index contributed by atoms with van der Waals surface area (Å²) >= 11 is 0. The van der Waals surface area contributed by atoms with E-state index in [0.717, 1.165) is 11.3 Å². The van der Waals surface area contributed by atoms with Gasteiger partial charge in [-0.2, -0.15) is 0 Å². The van der Waals surface area contributed by atoms with Crippen LogP contribution in [0.3, 0.4) is 0 Å². The average molecular weight is 216 g/mol. The minimum Gasteiger partial charge on any atom is -0.485 e. The molecule has 2 unspecified atom stereocenters. The summed E-state index contributed by atoms with van der Waals surface area (Å²) in [6, 6.07) is 0. The van der Waals surface area contributed by atoms with E-state index in [1.165, 1.54) is 5.57 Å². The van der Waals surface area contributed by atoms with Crippen molar-refractivity contribution in [3.63, 3.8) is 0 Å². The second-order valence-electron chi connectivity index (χ2n) is 3.64. The third-order valence-electron chi connectivity index (χ3n) is 2.70. The first-order chi connectivity index (χ1) is 7.74. The molecule has 0 aromatic carbocycles. The van der Waals surface area contributed by atoms with E-state index in [1.54, 1.807) is 6.08 Å². The van der Waals surface area contributed by atoms with Gasteiger partial charge in [-0.1, -0.05) is 57.4 Å². The zero-order chi connectivity index (χ0) is 12.1. The first-order valence-corrected chi connectivity index (χ1v) is 5.77. The fourth-order valence-corrected chi connectivity index (χ4v) is 1.98. The molecule has 0 amide bonds. The molecule has 86 valence electrons. The monoisotopic (exact) mass is 216 g/mol. The quantitative estimate of drug-likeness (QED) is 0.639. The summed E-state index contributed by atoms with van der Waals surface area (Å²) in [5.74, 6) is 1.10. The fourth-order valence-electron chi connectivity index (χ4n) is 1.98. The number of allylic oxidation sites excluding steroid dienone is 5. The van der Waals surface area contributed by atoms with Gasteiger partial charge in [-0.25, -0.2) is 0 Å². The Balaban J connectivity index is 0.000000606. The van der Waals surface area contributed by atoms with Crippen molar-refractivity contribution in [2.75, 3.05) is 0 Å². The molecular formula is C15H20O. The second kappa shape index (κ2) is 5.55. The zero-order valence-corrected chi connectivity index (χ0v) is 10.4. The highest BCUT2D eigenvalue weighted by Crippen LogP contribution is 2.40. The molecule has 0 N–H and O–H groups in total. The van der Waals surface area contributed by atoms with Gasteiger partial charge in [0, 0.05) is 11.5 Å². The van der Waals surface area contributed by atoms with Crippen LogP contribution in [0.4, 0.5) is 0 Å². The summed E-state index contributed by atoms with van der Waals surface area (Å²) in [6.07, 6.45) is 10.2. The van der Waals surface area contributed by atoms with Crippen LogP contribution in [0.25, 0.3) is 0 Å². The lowest BCUT2D eigenvalue weighted by atomic mass is 9.87. The molecule has 1 nitrogen and oxygen atoms in total. The minimum atomic E-state index is 0.152. The normalized spacial score (nSPS) is 28.8. The molecule has 16 heavy (non-hydrogen) atoms. The van der Waals surface area contributed by atoms with E-state index in [4.69, 9.17) is 4.74 Å². The topological polar surface area (TPSA) is 9.23 Å². The van der Waals surface area contributed by atoms with Crippen molar-refractivity contribution in [2.24, 2.45) is 5.92 Å². The number of hydrogen-bond donors (Lipinski definition) is 0. The van der Waals surface area contributed by atoms with E-state index in [2.05, 4.69) is 38.3 Å². The van der Waals surface area contributed by atoms with Crippen LogP contribution in [-0.4, -0.2) is 6.10 Å². The largest absolute Gasteiger partial charge is 0.485 e. The Kier molecular flexibility index (Phi) is 4.36. The van der Waals surface area contributed by atoms with Crippen LogP contribution in [0.15, 0.2) is 60.4 Å². The summed E-state index contributed by atoms with van der Waals surface area (Å²) in [6.45, 7) is 13.7. The number of fused-ring (bicyclic) bond motifs is 1. The molecule has 0 bridgehead atoms. The minimum absolute atomic E-state index is 0.152. The van der Waals surface area contributed by atoms with Gasteiger partial charge in [0.2, 0.25) is 0 Å². The first kappa shape index (κ1) is 12.6. The van der Waals surface area contributed by atoms with Gasteiger partial charge in [-0.3, -0.25) is 0 Å². The van der Waals surface area contributed by atoms with E-state index in [9.17, 15) is 0 Å². The van der Waals surface area contributed by atoms with Crippen LogP contribution >= 0.6 is 0 Å². The summed E-state index contributed by atoms with van der Waals surface area (Å²) in [5, 5.41) is 0. The smallest absolute Gasteiger partial charge is 0.130 e. The molecule has 1 aliphatic heterocycles. The molecule has 1 heterocycles. The highest BCUT2D eigenvalue weighted by molar-refractivity contribution is 5.43. The SMILES string of the molecule is C=C/C=C1\C(=C)OC2C(C)=CC=CC12.CC. The summed E-state index contributed by atoms with van der Waals surface area (Å²) in [7, 11) is 0. The van der Waals surface area contributed by atoms with Gasteiger partial charge in [0.25, 0.3) is 0 Å². The van der Waals surface area contributed by atoms with E-state index < -0.39 is 0 Å². The van der Waals surface area contributed by atoms with E-state index in [-0.39, 0.29) is 6.10 Å². The van der Waals surface area contributed by atoms with Gasteiger partial charge in [-0.05, 0) is 12.5 Å². The number of hydrogen-bond acceptors (Lipinski definition) is 1. The molecule has 0 aromatic heterocycles. The van der Waals surface area contributed by atoms with Crippen LogP contribution < -0.4 is 0 Å². The first-order valence-electron chi connectivity index (χ1n) is 5.77. The van der Waals surface area contributed by atoms with Crippen molar-refractivity contribution in [1.82, 2.24) is 0 Å². The maximum Gasteiger partial charge on any atom is 0.130 e. The second-order valence-corrected chi connectivity index (χ2v) is 3.64. The van der Waals surface area contributed by atoms with Crippen LogP contribution in [0.5, 0.6) is 0 Å². The summed E-state index contributed by atoms with van der Waals surface area (Å²) in [5.41, 5.74) is 2.40. The van der Waals surface area contributed by atoms with Gasteiger partial charge in [0.1, 0.15) is 11.9 Å². The fraction of sp³-hybridized carbons (Fsp3) is 0.333. The molecule has 1 fully saturated rings. The van der Waals surface area contributed by atoms with Crippen molar-refractivity contribution in [1.29, 1.82) is 0 Å². The van der Waals surface area contributed by atoms with Gasteiger partial charge < -0.3 is 4.74 Å². The molecule has 1 saturated heterocycles. The van der Waals surface area contributed by atoms with Gasteiger partial charge >= 0.3 is 0 Å². The molecule has 0 aromatic rings. The summed E-state index contributed by atoms with van der Waals surface area (Å²) in [4.78, 5) is 0. The van der Waals surface area contributed by atoms with Gasteiger partial charge in [0.05, 0.1) is 0 Å². The van der Waals surface area contributed by atoms with Crippen molar-refractivity contribution < 1.29 is 4.74 Å². The molecule has 0 spiro atoms. The van der Waals surface area contributed by atoms with Crippen LogP contribution in [0.2, 0.25) is 0 Å². The maximum atomic E-state index is 5.71. The van der Waals surface area contributed by atoms with Crippen LogP contribution in [-0.2, 0) is 4.74 Å². The highest BCUT2D eigenvalue weighted by Gasteiger charge is 2.35. The van der Waals surface area contributed by atoms with E-state index >= 15 is 0 Å². The standard InChI is InChI=1S/C13H14O.C2H6/c1-4-6-11-10(3)14-13-9(2)7-5-8-12(11)13;1-2/h4-8,12-13H,1,3H2,2H3;1-2H3/b11-6+;. The Hall–Kier alpha value is -1.50. The van der Waals surface area contributed by atoms with Crippen molar-refractivity contribution >= 4 is 0 Å². The van der Waals surface area contributed by atoms with Crippen molar-refractivity contribution in [3.8, 4) is 0 Å². The predicted molar refractivity (Wildman–Crippen MR) is 70.0 cm³/mol. The molecule has 1 aliphatic carbocycles. The number of rotatable bonds is 1.